The van der Waals surface area contributed by atoms with E-state index in [0.717, 1.165) is 42.6 Å². The molecule has 0 aliphatic carbocycles. The number of benzene rings is 3. The first-order chi connectivity index (χ1) is 19.3. The van der Waals surface area contributed by atoms with E-state index >= 15 is 4.39 Å². The van der Waals surface area contributed by atoms with E-state index in [0.29, 0.717) is 29.7 Å². The van der Waals surface area contributed by atoms with Crippen molar-refractivity contribution >= 4 is 10.8 Å². The van der Waals surface area contributed by atoms with Gasteiger partial charge < -0.3 is 14.2 Å². The number of hydrogen-bond donors (Lipinski definition) is 0. The SMILES string of the molecule is CCCCCCCC1COC(CCc2ccc3c(F)c(CCc4ccc(OCC(F)(F)F)cc4)ccc3c2)OC1. The lowest BCUT2D eigenvalue weighted by molar-refractivity contribution is -0.203. The van der Waals surface area contributed by atoms with Gasteiger partial charge in [-0.2, -0.15) is 13.2 Å². The van der Waals surface area contributed by atoms with Crippen molar-refractivity contribution in [2.45, 2.75) is 83.6 Å². The molecule has 1 fully saturated rings. The minimum absolute atomic E-state index is 0.160. The summed E-state index contributed by atoms with van der Waals surface area (Å²) in [5.74, 6) is 0.425. The van der Waals surface area contributed by atoms with Gasteiger partial charge in [-0.05, 0) is 59.9 Å². The molecule has 1 aliphatic rings. The van der Waals surface area contributed by atoms with Gasteiger partial charge in [0, 0.05) is 17.7 Å². The van der Waals surface area contributed by atoms with Crippen molar-refractivity contribution < 1.29 is 31.8 Å². The number of fused-ring (bicyclic) bond motifs is 1. The molecule has 0 radical (unpaired) electrons. The van der Waals surface area contributed by atoms with Crippen LogP contribution in [0.3, 0.4) is 0 Å². The molecular formula is C33H40F4O3. The summed E-state index contributed by atoms with van der Waals surface area (Å²) in [5.41, 5.74) is 2.64. The largest absolute Gasteiger partial charge is 0.484 e. The number of ether oxygens (including phenoxy) is 3. The maximum Gasteiger partial charge on any atom is 0.422 e. The van der Waals surface area contributed by atoms with Gasteiger partial charge in [0.2, 0.25) is 0 Å². The van der Waals surface area contributed by atoms with E-state index in [-0.39, 0.29) is 17.9 Å². The number of rotatable bonds is 14. The summed E-state index contributed by atoms with van der Waals surface area (Å²) in [4.78, 5) is 0. The molecule has 218 valence electrons. The Hall–Kier alpha value is -2.64. The molecule has 0 aromatic heterocycles. The zero-order valence-electron chi connectivity index (χ0n) is 23.3. The lowest BCUT2D eigenvalue weighted by Crippen LogP contribution is -2.32. The number of aryl methyl sites for hydroxylation is 3. The third-order valence-corrected chi connectivity index (χ3v) is 7.53. The summed E-state index contributed by atoms with van der Waals surface area (Å²) in [7, 11) is 0. The molecule has 0 N–H and O–H groups in total. The van der Waals surface area contributed by atoms with Crippen LogP contribution in [0.1, 0.15) is 68.6 Å². The van der Waals surface area contributed by atoms with Gasteiger partial charge in [-0.15, -0.1) is 0 Å². The summed E-state index contributed by atoms with van der Waals surface area (Å²) in [6.45, 7) is 2.44. The Morgan fingerprint density at radius 3 is 2.25 bits per heavy atom. The number of alkyl halides is 3. The molecule has 0 saturated carbocycles. The zero-order chi connectivity index (χ0) is 28.4. The van der Waals surface area contributed by atoms with E-state index in [1.165, 1.54) is 50.7 Å². The van der Waals surface area contributed by atoms with Crippen LogP contribution >= 0.6 is 0 Å². The molecule has 0 amide bonds. The molecule has 4 rings (SSSR count). The average Bonchev–Trinajstić information content (AvgIpc) is 2.95. The van der Waals surface area contributed by atoms with Crippen LogP contribution in [0, 0.1) is 11.7 Å². The number of halogens is 4. The van der Waals surface area contributed by atoms with E-state index in [9.17, 15) is 13.2 Å². The summed E-state index contributed by atoms with van der Waals surface area (Å²) in [5, 5.41) is 1.45. The quantitative estimate of drug-likeness (QED) is 0.145. The molecule has 1 saturated heterocycles. The molecule has 1 aliphatic heterocycles. The Labute approximate surface area is 234 Å². The van der Waals surface area contributed by atoms with Gasteiger partial charge in [0.15, 0.2) is 12.9 Å². The topological polar surface area (TPSA) is 27.7 Å². The van der Waals surface area contributed by atoms with E-state index in [1.54, 1.807) is 12.1 Å². The molecule has 0 spiro atoms. The zero-order valence-corrected chi connectivity index (χ0v) is 23.3. The Morgan fingerprint density at radius 1 is 0.800 bits per heavy atom. The van der Waals surface area contributed by atoms with Gasteiger partial charge in [-0.1, -0.05) is 81.5 Å². The molecule has 7 heteroatoms. The Kier molecular flexibility index (Phi) is 11.2. The van der Waals surface area contributed by atoms with E-state index in [1.807, 2.05) is 30.3 Å². The Balaban J connectivity index is 1.23. The van der Waals surface area contributed by atoms with Gasteiger partial charge in [0.05, 0.1) is 13.2 Å². The molecule has 0 bridgehead atoms. The second-order valence-electron chi connectivity index (χ2n) is 10.8. The van der Waals surface area contributed by atoms with Crippen molar-refractivity contribution in [2.75, 3.05) is 19.8 Å². The third-order valence-electron chi connectivity index (χ3n) is 7.53. The maximum absolute atomic E-state index is 15.3. The van der Waals surface area contributed by atoms with Crippen LogP contribution < -0.4 is 4.74 Å². The highest BCUT2D eigenvalue weighted by Crippen LogP contribution is 2.26. The highest BCUT2D eigenvalue weighted by Gasteiger charge is 2.28. The molecule has 0 unspecified atom stereocenters. The molecular weight excluding hydrogens is 520 g/mol. The van der Waals surface area contributed by atoms with E-state index in [2.05, 4.69) is 6.92 Å². The number of hydrogen-bond acceptors (Lipinski definition) is 3. The van der Waals surface area contributed by atoms with Gasteiger partial charge >= 0.3 is 6.18 Å². The first kappa shape index (κ1) is 30.3. The van der Waals surface area contributed by atoms with Crippen molar-refractivity contribution in [2.24, 2.45) is 5.92 Å². The van der Waals surface area contributed by atoms with Crippen LogP contribution in [0.15, 0.2) is 54.6 Å². The molecule has 1 heterocycles. The van der Waals surface area contributed by atoms with Crippen LogP contribution in [0.25, 0.3) is 10.8 Å². The van der Waals surface area contributed by atoms with E-state index in [4.69, 9.17) is 14.2 Å². The smallest absolute Gasteiger partial charge is 0.422 e. The van der Waals surface area contributed by atoms with Crippen LogP contribution in [0.5, 0.6) is 5.75 Å². The van der Waals surface area contributed by atoms with Crippen LogP contribution in [0.4, 0.5) is 17.6 Å². The predicted octanol–water partition coefficient (Wildman–Crippen LogP) is 8.99. The fourth-order valence-corrected chi connectivity index (χ4v) is 5.17. The molecule has 0 atom stereocenters. The van der Waals surface area contributed by atoms with Crippen molar-refractivity contribution in [3.63, 3.8) is 0 Å². The first-order valence-electron chi connectivity index (χ1n) is 14.5. The fraction of sp³-hybridized carbons (Fsp3) is 0.515. The van der Waals surface area contributed by atoms with Crippen LogP contribution in [0.2, 0.25) is 0 Å². The molecule has 3 aromatic rings. The minimum atomic E-state index is -4.37. The van der Waals surface area contributed by atoms with Crippen molar-refractivity contribution in [3.8, 4) is 5.75 Å². The average molecular weight is 561 g/mol. The van der Waals surface area contributed by atoms with Crippen molar-refractivity contribution in [3.05, 3.63) is 77.1 Å². The lowest BCUT2D eigenvalue weighted by Gasteiger charge is -2.29. The monoisotopic (exact) mass is 560 g/mol. The first-order valence-corrected chi connectivity index (χ1v) is 14.5. The summed E-state index contributed by atoms with van der Waals surface area (Å²) >= 11 is 0. The summed E-state index contributed by atoms with van der Waals surface area (Å²) < 4.78 is 68.9. The lowest BCUT2D eigenvalue weighted by atomic mass is 9.98. The van der Waals surface area contributed by atoms with Crippen LogP contribution in [-0.4, -0.2) is 32.3 Å². The third kappa shape index (κ3) is 9.48. The highest BCUT2D eigenvalue weighted by atomic mass is 19.4. The standard InChI is InChI=1S/C33H40F4O3/c1-2-3-4-5-6-7-26-21-38-31(39-22-26)19-12-25-11-18-30-28(20-25)15-14-27(32(30)34)13-8-24-9-16-29(17-10-24)40-23-33(35,36)37/h9-11,14-18,20,26,31H,2-8,12-13,19,21-23H2,1H3. The second-order valence-corrected chi connectivity index (χ2v) is 10.8. The summed E-state index contributed by atoms with van der Waals surface area (Å²) in [6, 6.07) is 16.1. The molecule has 3 aromatic carbocycles. The second kappa shape index (κ2) is 14.8. The normalized spacial score (nSPS) is 17.8. The molecule has 3 nitrogen and oxygen atoms in total. The summed E-state index contributed by atoms with van der Waals surface area (Å²) in [6.07, 6.45) is 5.67. The number of unbranched alkanes of at least 4 members (excludes halogenated alkanes) is 4. The fourth-order valence-electron chi connectivity index (χ4n) is 5.17. The van der Waals surface area contributed by atoms with Gasteiger partial charge in [-0.25, -0.2) is 4.39 Å². The molecule has 40 heavy (non-hydrogen) atoms. The van der Waals surface area contributed by atoms with Crippen LogP contribution in [-0.2, 0) is 28.7 Å². The minimum Gasteiger partial charge on any atom is -0.484 e. The predicted molar refractivity (Wildman–Crippen MR) is 150 cm³/mol. The van der Waals surface area contributed by atoms with E-state index < -0.39 is 12.8 Å². The Bertz CT molecular complexity index is 1180. The van der Waals surface area contributed by atoms with Gasteiger partial charge in [0.1, 0.15) is 11.6 Å². The Morgan fingerprint density at radius 2 is 1.52 bits per heavy atom. The van der Waals surface area contributed by atoms with Gasteiger partial charge in [-0.3, -0.25) is 0 Å². The highest BCUT2D eigenvalue weighted by molar-refractivity contribution is 5.84. The maximum atomic E-state index is 15.3. The van der Waals surface area contributed by atoms with Crippen molar-refractivity contribution in [1.82, 2.24) is 0 Å². The van der Waals surface area contributed by atoms with Gasteiger partial charge in [0.25, 0.3) is 0 Å². The van der Waals surface area contributed by atoms with Crippen molar-refractivity contribution in [1.29, 1.82) is 0 Å².